The number of Topliss-reactive ketones (excluding diaryl/α,β-unsaturated/α-hetero) is 1. The van der Waals surface area contributed by atoms with Gasteiger partial charge in [-0.25, -0.2) is 4.79 Å². The highest BCUT2D eigenvalue weighted by Crippen LogP contribution is 2.24. The zero-order valence-electron chi connectivity index (χ0n) is 9.85. The van der Waals surface area contributed by atoms with E-state index in [9.17, 15) is 9.59 Å². The van der Waals surface area contributed by atoms with Crippen molar-refractivity contribution in [2.75, 3.05) is 0 Å². The molecule has 19 heavy (non-hydrogen) atoms. The van der Waals surface area contributed by atoms with E-state index in [0.29, 0.717) is 21.3 Å². The predicted octanol–water partition coefficient (Wildman–Crippen LogP) is 3.68. The van der Waals surface area contributed by atoms with Gasteiger partial charge in [0.15, 0.2) is 5.78 Å². The number of aromatic carboxylic acids is 1. The van der Waals surface area contributed by atoms with Crippen molar-refractivity contribution in [3.05, 3.63) is 51.8 Å². The maximum atomic E-state index is 11.3. The van der Waals surface area contributed by atoms with E-state index < -0.39 is 5.97 Å². The molecular formula is C13H9Cl2NO3. The van der Waals surface area contributed by atoms with Gasteiger partial charge in [-0.2, -0.15) is 0 Å². The number of hydrogen-bond donors (Lipinski definition) is 1. The second-order valence-corrected chi connectivity index (χ2v) is 4.85. The Balaban J connectivity index is 2.66. The van der Waals surface area contributed by atoms with Crippen molar-refractivity contribution in [3.8, 4) is 5.69 Å². The molecule has 0 aliphatic carbocycles. The number of benzene rings is 1. The van der Waals surface area contributed by atoms with E-state index in [-0.39, 0.29) is 11.5 Å². The molecule has 0 saturated carbocycles. The quantitative estimate of drug-likeness (QED) is 0.879. The summed E-state index contributed by atoms with van der Waals surface area (Å²) in [7, 11) is 0. The Hall–Kier alpha value is -1.78. The molecule has 4 nitrogen and oxygen atoms in total. The van der Waals surface area contributed by atoms with E-state index in [0.717, 1.165) is 0 Å². The number of aromatic nitrogens is 1. The molecule has 0 aliphatic heterocycles. The van der Waals surface area contributed by atoms with E-state index in [1.807, 2.05) is 0 Å². The van der Waals surface area contributed by atoms with Crippen LogP contribution in [0.5, 0.6) is 0 Å². The summed E-state index contributed by atoms with van der Waals surface area (Å²) in [6.07, 6.45) is 1.45. The summed E-state index contributed by atoms with van der Waals surface area (Å²) in [6, 6.07) is 6.01. The van der Waals surface area contributed by atoms with Gasteiger partial charge < -0.3 is 9.67 Å². The molecule has 0 bridgehead atoms. The second-order valence-electron chi connectivity index (χ2n) is 3.97. The highest BCUT2D eigenvalue weighted by Gasteiger charge is 2.16. The third-order valence-corrected chi connectivity index (χ3v) is 3.01. The maximum Gasteiger partial charge on any atom is 0.352 e. The molecule has 0 amide bonds. The Kier molecular flexibility index (Phi) is 3.64. The van der Waals surface area contributed by atoms with Crippen molar-refractivity contribution in [2.24, 2.45) is 0 Å². The Morgan fingerprint density at radius 2 is 1.68 bits per heavy atom. The van der Waals surface area contributed by atoms with Crippen molar-refractivity contribution in [1.29, 1.82) is 0 Å². The minimum atomic E-state index is -1.14. The lowest BCUT2D eigenvalue weighted by molar-refractivity contribution is 0.0688. The molecule has 1 aromatic heterocycles. The van der Waals surface area contributed by atoms with Gasteiger partial charge in [-0.3, -0.25) is 4.79 Å². The highest BCUT2D eigenvalue weighted by atomic mass is 35.5. The van der Waals surface area contributed by atoms with Crippen molar-refractivity contribution in [1.82, 2.24) is 4.57 Å². The number of carbonyl (C=O) groups excluding carboxylic acids is 1. The highest BCUT2D eigenvalue weighted by molar-refractivity contribution is 6.34. The molecule has 0 fully saturated rings. The van der Waals surface area contributed by atoms with Crippen LogP contribution in [0.2, 0.25) is 10.0 Å². The van der Waals surface area contributed by atoms with E-state index >= 15 is 0 Å². The smallest absolute Gasteiger partial charge is 0.352 e. The number of hydrogen-bond acceptors (Lipinski definition) is 2. The molecule has 6 heteroatoms. The van der Waals surface area contributed by atoms with Gasteiger partial charge in [0.2, 0.25) is 0 Å². The predicted molar refractivity (Wildman–Crippen MR) is 72.8 cm³/mol. The van der Waals surface area contributed by atoms with Gasteiger partial charge in [0.25, 0.3) is 0 Å². The van der Waals surface area contributed by atoms with E-state index in [1.165, 1.54) is 23.8 Å². The summed E-state index contributed by atoms with van der Waals surface area (Å²) >= 11 is 11.8. The first-order valence-corrected chi connectivity index (χ1v) is 6.07. The molecule has 0 radical (unpaired) electrons. The standard InChI is InChI=1S/C13H9Cl2NO3/c1-7(17)8-2-12(13(18)19)16(6-8)11-4-9(14)3-10(15)5-11/h2-6H,1H3,(H,18,19). The van der Waals surface area contributed by atoms with E-state index in [2.05, 4.69) is 0 Å². The van der Waals surface area contributed by atoms with E-state index in [1.54, 1.807) is 18.2 Å². The summed E-state index contributed by atoms with van der Waals surface area (Å²) in [4.78, 5) is 22.5. The summed E-state index contributed by atoms with van der Waals surface area (Å²) < 4.78 is 1.37. The fraction of sp³-hybridized carbons (Fsp3) is 0.0769. The van der Waals surface area contributed by atoms with Gasteiger partial charge in [0.1, 0.15) is 5.69 Å². The molecular weight excluding hydrogens is 289 g/mol. The van der Waals surface area contributed by atoms with Gasteiger partial charge in [-0.05, 0) is 31.2 Å². The lowest BCUT2D eigenvalue weighted by Gasteiger charge is -2.07. The summed E-state index contributed by atoms with van der Waals surface area (Å²) in [5, 5.41) is 9.93. The van der Waals surface area contributed by atoms with Crippen molar-refractivity contribution in [3.63, 3.8) is 0 Å². The monoisotopic (exact) mass is 297 g/mol. The van der Waals surface area contributed by atoms with Crippen molar-refractivity contribution in [2.45, 2.75) is 6.92 Å². The molecule has 1 N–H and O–H groups in total. The second kappa shape index (κ2) is 5.07. The average molecular weight is 298 g/mol. The lowest BCUT2D eigenvalue weighted by atomic mass is 10.2. The van der Waals surface area contributed by atoms with Crippen LogP contribution in [0.15, 0.2) is 30.5 Å². The zero-order chi connectivity index (χ0) is 14.2. The Morgan fingerprint density at radius 3 is 2.16 bits per heavy atom. The molecule has 0 saturated heterocycles. The molecule has 98 valence electrons. The van der Waals surface area contributed by atoms with Crippen LogP contribution in [0.3, 0.4) is 0 Å². The molecule has 1 aromatic carbocycles. The molecule has 0 unspecified atom stereocenters. The van der Waals surface area contributed by atoms with E-state index in [4.69, 9.17) is 28.3 Å². The summed E-state index contributed by atoms with van der Waals surface area (Å²) in [5.41, 5.74) is 0.777. The number of carboxylic acids is 1. The Bertz CT molecular complexity index is 656. The molecule has 2 aromatic rings. The van der Waals surface area contributed by atoms with Crippen molar-refractivity contribution >= 4 is 35.0 Å². The van der Waals surface area contributed by atoms with Crippen LogP contribution in [0.4, 0.5) is 0 Å². The first kappa shape index (κ1) is 13.6. The van der Waals surface area contributed by atoms with Crippen LogP contribution >= 0.6 is 23.2 Å². The van der Waals surface area contributed by atoms with Gasteiger partial charge in [-0.15, -0.1) is 0 Å². The van der Waals surface area contributed by atoms with Crippen LogP contribution in [0.25, 0.3) is 5.69 Å². The van der Waals surface area contributed by atoms with Gasteiger partial charge in [-0.1, -0.05) is 23.2 Å². The lowest BCUT2D eigenvalue weighted by Crippen LogP contribution is -2.05. The first-order valence-electron chi connectivity index (χ1n) is 5.31. The number of ketones is 1. The first-order chi connectivity index (χ1) is 8.88. The van der Waals surface area contributed by atoms with Crippen LogP contribution in [-0.4, -0.2) is 21.4 Å². The third-order valence-electron chi connectivity index (χ3n) is 2.57. The number of nitrogens with zero attached hydrogens (tertiary/aromatic N) is 1. The number of halogens is 2. The summed E-state index contributed by atoms with van der Waals surface area (Å²) in [5.74, 6) is -1.35. The number of rotatable bonds is 3. The van der Waals surface area contributed by atoms with Crippen LogP contribution in [-0.2, 0) is 0 Å². The molecule has 2 rings (SSSR count). The Labute approximate surface area is 119 Å². The van der Waals surface area contributed by atoms with Gasteiger partial charge in [0.05, 0.1) is 0 Å². The van der Waals surface area contributed by atoms with Crippen molar-refractivity contribution < 1.29 is 14.7 Å². The average Bonchev–Trinajstić information content (AvgIpc) is 2.72. The fourth-order valence-electron chi connectivity index (χ4n) is 1.71. The third kappa shape index (κ3) is 2.80. The minimum Gasteiger partial charge on any atom is -0.477 e. The largest absolute Gasteiger partial charge is 0.477 e. The fourth-order valence-corrected chi connectivity index (χ4v) is 2.23. The minimum absolute atomic E-state index is 0.0245. The van der Waals surface area contributed by atoms with Crippen LogP contribution in [0, 0.1) is 0 Å². The number of carboxylic acid groups (broad SMARTS) is 1. The van der Waals surface area contributed by atoms with Crippen LogP contribution in [0.1, 0.15) is 27.8 Å². The summed E-state index contributed by atoms with van der Waals surface area (Å²) in [6.45, 7) is 1.37. The zero-order valence-corrected chi connectivity index (χ0v) is 11.4. The van der Waals surface area contributed by atoms with Gasteiger partial charge >= 0.3 is 5.97 Å². The van der Waals surface area contributed by atoms with Gasteiger partial charge in [0, 0.05) is 27.5 Å². The molecule has 0 atom stereocenters. The molecule has 0 spiro atoms. The number of carbonyl (C=O) groups is 2. The molecule has 0 aliphatic rings. The normalized spacial score (nSPS) is 10.5. The molecule has 1 heterocycles. The Morgan fingerprint density at radius 1 is 1.11 bits per heavy atom. The maximum absolute atomic E-state index is 11.3. The topological polar surface area (TPSA) is 59.3 Å². The SMILES string of the molecule is CC(=O)c1cc(C(=O)O)n(-c2cc(Cl)cc(Cl)c2)c1. The van der Waals surface area contributed by atoms with Crippen LogP contribution < -0.4 is 0 Å².